The van der Waals surface area contributed by atoms with Crippen LogP contribution in [0.15, 0.2) is 29.2 Å². The molecule has 1 aromatic rings. The van der Waals surface area contributed by atoms with E-state index < -0.39 is 11.7 Å². The van der Waals surface area contributed by atoms with Crippen molar-refractivity contribution in [2.75, 3.05) is 5.32 Å². The highest BCUT2D eigenvalue weighted by Crippen LogP contribution is 2.34. The first-order valence-corrected chi connectivity index (χ1v) is 7.98. The average molecular weight is 307 g/mol. The summed E-state index contributed by atoms with van der Waals surface area (Å²) in [5.74, 6) is 0.343. The van der Waals surface area contributed by atoms with Gasteiger partial charge in [0.25, 0.3) is 0 Å². The van der Waals surface area contributed by atoms with Gasteiger partial charge in [0.15, 0.2) is 0 Å². The largest absolute Gasteiger partial charge is 0.444 e. The monoisotopic (exact) mass is 307 g/mol. The fraction of sp³-hybridized carbons (Fsp3) is 0.500. The highest BCUT2D eigenvalue weighted by molar-refractivity contribution is 8.00. The molecule has 0 aliphatic heterocycles. The number of benzene rings is 1. The van der Waals surface area contributed by atoms with E-state index in [0.29, 0.717) is 29.6 Å². The molecule has 1 amide bonds. The second kappa shape index (κ2) is 6.52. The predicted molar refractivity (Wildman–Crippen MR) is 84.8 cm³/mol. The Labute approximate surface area is 129 Å². The van der Waals surface area contributed by atoms with E-state index in [1.54, 1.807) is 11.8 Å². The van der Waals surface area contributed by atoms with Gasteiger partial charge in [-0.3, -0.25) is 10.1 Å². The minimum Gasteiger partial charge on any atom is -0.444 e. The average Bonchev–Trinajstić information content (AvgIpc) is 2.72. The van der Waals surface area contributed by atoms with E-state index in [1.807, 2.05) is 45.0 Å². The number of anilines is 1. The topological polar surface area (TPSA) is 55.4 Å². The molecular weight excluding hydrogens is 286 g/mol. The van der Waals surface area contributed by atoms with Crippen LogP contribution >= 0.6 is 11.8 Å². The van der Waals surface area contributed by atoms with Crippen molar-refractivity contribution in [3.63, 3.8) is 0 Å². The number of ketones is 1. The SMILES string of the molecule is CC(C)(C)OC(=O)Nc1cccc(SC2CCC(=O)C2)c1. The van der Waals surface area contributed by atoms with Crippen molar-refractivity contribution < 1.29 is 14.3 Å². The molecule has 1 fully saturated rings. The van der Waals surface area contributed by atoms with Crippen LogP contribution in [0, 0.1) is 0 Å². The lowest BCUT2D eigenvalue weighted by Crippen LogP contribution is -2.27. The second-order valence-corrected chi connectivity index (χ2v) is 7.55. The van der Waals surface area contributed by atoms with E-state index in [2.05, 4.69) is 5.32 Å². The van der Waals surface area contributed by atoms with Gasteiger partial charge in [0, 0.05) is 28.7 Å². The van der Waals surface area contributed by atoms with Crippen molar-refractivity contribution in [3.8, 4) is 0 Å². The molecule has 21 heavy (non-hydrogen) atoms. The molecule has 4 nitrogen and oxygen atoms in total. The first-order valence-electron chi connectivity index (χ1n) is 7.10. The van der Waals surface area contributed by atoms with E-state index in [4.69, 9.17) is 4.74 Å². The number of carbonyl (C=O) groups excluding carboxylic acids is 2. The Bertz CT molecular complexity index is 537. The Morgan fingerprint density at radius 3 is 2.76 bits per heavy atom. The Hall–Kier alpha value is -1.49. The summed E-state index contributed by atoms with van der Waals surface area (Å²) in [5.41, 5.74) is 0.194. The summed E-state index contributed by atoms with van der Waals surface area (Å²) in [5, 5.41) is 3.09. The highest BCUT2D eigenvalue weighted by atomic mass is 32.2. The highest BCUT2D eigenvalue weighted by Gasteiger charge is 2.23. The zero-order valence-corrected chi connectivity index (χ0v) is 13.5. The van der Waals surface area contributed by atoms with E-state index in [1.165, 1.54) is 0 Å². The maximum absolute atomic E-state index is 11.7. The number of amides is 1. The summed E-state index contributed by atoms with van der Waals surface area (Å²) in [6, 6.07) is 7.63. The summed E-state index contributed by atoms with van der Waals surface area (Å²) in [6.45, 7) is 5.49. The van der Waals surface area contributed by atoms with Gasteiger partial charge in [0.2, 0.25) is 0 Å². The molecule has 2 rings (SSSR count). The molecule has 0 aromatic heterocycles. The molecule has 1 aromatic carbocycles. The molecule has 0 spiro atoms. The van der Waals surface area contributed by atoms with Gasteiger partial charge in [-0.05, 0) is 45.4 Å². The summed E-state index contributed by atoms with van der Waals surface area (Å²) in [4.78, 5) is 24.1. The Kier molecular flexibility index (Phi) is 4.93. The molecule has 0 saturated heterocycles. The number of hydrogen-bond acceptors (Lipinski definition) is 4. The van der Waals surface area contributed by atoms with Crippen LogP contribution < -0.4 is 5.32 Å². The number of nitrogens with one attached hydrogen (secondary N) is 1. The number of Topliss-reactive ketones (excluding diaryl/α,β-unsaturated/α-hetero) is 1. The summed E-state index contributed by atoms with van der Waals surface area (Å²) >= 11 is 1.70. The predicted octanol–water partition coefficient (Wildman–Crippen LogP) is 4.25. The van der Waals surface area contributed by atoms with Crippen LogP contribution in [0.5, 0.6) is 0 Å². The van der Waals surface area contributed by atoms with Gasteiger partial charge >= 0.3 is 6.09 Å². The van der Waals surface area contributed by atoms with Crippen LogP contribution in [-0.4, -0.2) is 22.7 Å². The molecule has 0 heterocycles. The molecule has 1 unspecified atom stereocenters. The second-order valence-electron chi connectivity index (χ2n) is 6.18. The molecule has 0 radical (unpaired) electrons. The smallest absolute Gasteiger partial charge is 0.412 e. The molecule has 1 atom stereocenters. The maximum atomic E-state index is 11.7. The fourth-order valence-corrected chi connectivity index (χ4v) is 3.38. The summed E-state index contributed by atoms with van der Waals surface area (Å²) in [7, 11) is 0. The number of ether oxygens (including phenoxy) is 1. The quantitative estimate of drug-likeness (QED) is 0.907. The Morgan fingerprint density at radius 2 is 2.14 bits per heavy atom. The van der Waals surface area contributed by atoms with Crippen molar-refractivity contribution in [2.45, 2.75) is 55.8 Å². The summed E-state index contributed by atoms with van der Waals surface area (Å²) in [6.07, 6.45) is 1.82. The number of carbonyl (C=O) groups is 2. The first kappa shape index (κ1) is 15.9. The third-order valence-electron chi connectivity index (χ3n) is 2.98. The molecule has 114 valence electrons. The van der Waals surface area contributed by atoms with Crippen molar-refractivity contribution in [3.05, 3.63) is 24.3 Å². The van der Waals surface area contributed by atoms with Crippen LogP contribution in [0.4, 0.5) is 10.5 Å². The standard InChI is InChI=1S/C16H21NO3S/c1-16(2,3)20-15(19)17-11-5-4-6-13(9-11)21-14-8-7-12(18)10-14/h4-6,9,14H,7-8,10H2,1-3H3,(H,17,19). The molecule has 1 aliphatic carbocycles. The van der Waals surface area contributed by atoms with Crippen LogP contribution in [-0.2, 0) is 9.53 Å². The van der Waals surface area contributed by atoms with E-state index >= 15 is 0 Å². The molecule has 5 heteroatoms. The van der Waals surface area contributed by atoms with Gasteiger partial charge in [0.1, 0.15) is 11.4 Å². The summed E-state index contributed by atoms with van der Waals surface area (Å²) < 4.78 is 5.23. The van der Waals surface area contributed by atoms with Gasteiger partial charge in [-0.2, -0.15) is 0 Å². The van der Waals surface area contributed by atoms with E-state index in [0.717, 1.165) is 11.3 Å². The molecule has 0 bridgehead atoms. The Morgan fingerprint density at radius 1 is 1.38 bits per heavy atom. The molecular formula is C16H21NO3S. The van der Waals surface area contributed by atoms with Gasteiger partial charge in [-0.1, -0.05) is 6.07 Å². The van der Waals surface area contributed by atoms with Crippen molar-refractivity contribution in [2.24, 2.45) is 0 Å². The van der Waals surface area contributed by atoms with Gasteiger partial charge in [-0.25, -0.2) is 4.79 Å². The lowest BCUT2D eigenvalue weighted by atomic mass is 10.2. The zero-order valence-electron chi connectivity index (χ0n) is 12.6. The van der Waals surface area contributed by atoms with Crippen molar-refractivity contribution in [1.29, 1.82) is 0 Å². The minimum atomic E-state index is -0.513. The van der Waals surface area contributed by atoms with Gasteiger partial charge < -0.3 is 4.74 Å². The van der Waals surface area contributed by atoms with Crippen LogP contribution in [0.1, 0.15) is 40.0 Å². The zero-order chi connectivity index (χ0) is 15.5. The molecule has 1 saturated carbocycles. The minimum absolute atomic E-state index is 0.343. The van der Waals surface area contributed by atoms with Gasteiger partial charge in [0.05, 0.1) is 0 Å². The number of hydrogen-bond donors (Lipinski definition) is 1. The molecule has 1 N–H and O–H groups in total. The lowest BCUT2D eigenvalue weighted by molar-refractivity contribution is -0.117. The van der Waals surface area contributed by atoms with Crippen LogP contribution in [0.3, 0.4) is 0 Å². The number of thioether (sulfide) groups is 1. The van der Waals surface area contributed by atoms with E-state index in [-0.39, 0.29) is 0 Å². The maximum Gasteiger partial charge on any atom is 0.412 e. The van der Waals surface area contributed by atoms with Crippen molar-refractivity contribution >= 4 is 29.3 Å². The fourth-order valence-electron chi connectivity index (χ4n) is 2.14. The lowest BCUT2D eigenvalue weighted by Gasteiger charge is -2.19. The van der Waals surface area contributed by atoms with Gasteiger partial charge in [-0.15, -0.1) is 11.8 Å². The molecule has 1 aliphatic rings. The first-order chi connectivity index (χ1) is 9.82. The normalized spacial score (nSPS) is 18.6. The Balaban J connectivity index is 1.94. The third kappa shape index (κ3) is 5.42. The number of rotatable bonds is 3. The van der Waals surface area contributed by atoms with Crippen LogP contribution in [0.2, 0.25) is 0 Å². The van der Waals surface area contributed by atoms with Crippen LogP contribution in [0.25, 0.3) is 0 Å². The third-order valence-corrected chi connectivity index (χ3v) is 4.24. The van der Waals surface area contributed by atoms with E-state index in [9.17, 15) is 9.59 Å². The van der Waals surface area contributed by atoms with Crippen molar-refractivity contribution in [1.82, 2.24) is 0 Å².